The number of benzene rings is 2. The Bertz CT molecular complexity index is 1170. The maximum Gasteiger partial charge on any atom is 0.410 e. The average Bonchev–Trinajstić information content (AvgIpc) is 2.93. The molecule has 0 saturated carbocycles. The molecule has 1 saturated heterocycles. The third kappa shape index (κ3) is 7.40. The van der Waals surface area contributed by atoms with Crippen molar-refractivity contribution in [3.8, 4) is 0 Å². The van der Waals surface area contributed by atoms with Crippen molar-refractivity contribution in [1.29, 1.82) is 0 Å². The second-order valence-electron chi connectivity index (χ2n) is 11.4. The minimum Gasteiger partial charge on any atom is -0.479 e. The predicted molar refractivity (Wildman–Crippen MR) is 152 cm³/mol. The second-order valence-corrected chi connectivity index (χ2v) is 11.4. The molecule has 9 heteroatoms. The van der Waals surface area contributed by atoms with Gasteiger partial charge in [0.1, 0.15) is 11.6 Å². The number of carboxylic acid groups (broad SMARTS) is 1. The van der Waals surface area contributed by atoms with Crippen LogP contribution in [0.3, 0.4) is 0 Å². The molecular weight excluding hydrogens is 510 g/mol. The summed E-state index contributed by atoms with van der Waals surface area (Å²) < 4.78 is 5.53. The first-order valence-corrected chi connectivity index (χ1v) is 13.8. The molecule has 3 atom stereocenters. The Balaban J connectivity index is 1.85. The van der Waals surface area contributed by atoms with E-state index in [1.54, 1.807) is 35.2 Å². The zero-order valence-electron chi connectivity index (χ0n) is 24.0. The standard InChI is InChI=1S/C31H41N3O6/c1-6-21(2)24(26(35)32-25(27(36)37)22-13-9-7-10-14-22)33-28(38)31(23-15-11-8-12-16-23)17-19-34(20-18-31)29(39)40-30(3,4)5/h7-16,21,24-25H,6,17-20H2,1-5H3,(H,32,35)(H,33,38)(H,36,37)/t21?,24-,25+/m0/s1. The molecule has 0 aliphatic carbocycles. The van der Waals surface area contributed by atoms with E-state index in [9.17, 15) is 24.3 Å². The molecule has 1 unspecified atom stereocenters. The van der Waals surface area contributed by atoms with Crippen LogP contribution in [0, 0.1) is 5.92 Å². The van der Waals surface area contributed by atoms with Crippen molar-refractivity contribution in [2.75, 3.05) is 13.1 Å². The lowest BCUT2D eigenvalue weighted by Crippen LogP contribution is -2.59. The Morgan fingerprint density at radius 3 is 2.00 bits per heavy atom. The molecule has 3 rings (SSSR count). The molecule has 3 N–H and O–H groups in total. The monoisotopic (exact) mass is 551 g/mol. The van der Waals surface area contributed by atoms with Gasteiger partial charge in [0, 0.05) is 13.1 Å². The zero-order chi connectivity index (χ0) is 29.5. The molecule has 0 spiro atoms. The minimum atomic E-state index is -1.25. The van der Waals surface area contributed by atoms with Crippen LogP contribution >= 0.6 is 0 Å². The van der Waals surface area contributed by atoms with E-state index < -0.39 is 41.1 Å². The Labute approximate surface area is 236 Å². The quantitative estimate of drug-likeness (QED) is 0.424. The number of aliphatic carboxylic acids is 1. The van der Waals surface area contributed by atoms with Crippen LogP contribution in [-0.2, 0) is 24.5 Å². The van der Waals surface area contributed by atoms with Gasteiger partial charge in [0.05, 0.1) is 5.41 Å². The Hall–Kier alpha value is -3.88. The first kappa shape index (κ1) is 30.7. The number of likely N-dealkylation sites (tertiary alicyclic amines) is 1. The number of rotatable bonds is 9. The van der Waals surface area contributed by atoms with E-state index >= 15 is 0 Å². The lowest BCUT2D eigenvalue weighted by molar-refractivity contribution is -0.143. The largest absolute Gasteiger partial charge is 0.479 e. The maximum absolute atomic E-state index is 14.1. The number of carboxylic acids is 1. The normalized spacial score (nSPS) is 17.2. The van der Waals surface area contributed by atoms with E-state index in [-0.39, 0.29) is 11.8 Å². The lowest BCUT2D eigenvalue weighted by Gasteiger charge is -2.42. The molecule has 3 amide bonds. The van der Waals surface area contributed by atoms with Gasteiger partial charge in [-0.25, -0.2) is 9.59 Å². The number of hydrogen-bond donors (Lipinski definition) is 3. The summed E-state index contributed by atoms with van der Waals surface area (Å²) in [5, 5.41) is 15.4. The van der Waals surface area contributed by atoms with E-state index in [2.05, 4.69) is 10.6 Å². The fourth-order valence-corrected chi connectivity index (χ4v) is 4.95. The smallest absolute Gasteiger partial charge is 0.410 e. The van der Waals surface area contributed by atoms with E-state index in [4.69, 9.17) is 4.74 Å². The molecule has 1 aliphatic heterocycles. The third-order valence-corrected chi connectivity index (χ3v) is 7.48. The van der Waals surface area contributed by atoms with Crippen LogP contribution < -0.4 is 10.6 Å². The van der Waals surface area contributed by atoms with Crippen LogP contribution in [-0.4, -0.2) is 58.6 Å². The first-order chi connectivity index (χ1) is 18.9. The highest BCUT2D eigenvalue weighted by molar-refractivity contribution is 5.95. The second kappa shape index (κ2) is 13.0. The third-order valence-electron chi connectivity index (χ3n) is 7.48. The van der Waals surface area contributed by atoms with Crippen LogP contribution in [0.25, 0.3) is 0 Å². The Kier molecular flexibility index (Phi) is 9.95. The van der Waals surface area contributed by atoms with Gasteiger partial charge in [-0.15, -0.1) is 0 Å². The molecule has 0 bridgehead atoms. The van der Waals surface area contributed by atoms with Gasteiger partial charge in [-0.3, -0.25) is 9.59 Å². The van der Waals surface area contributed by atoms with Crippen molar-refractivity contribution >= 4 is 23.9 Å². The highest BCUT2D eigenvalue weighted by Gasteiger charge is 2.46. The highest BCUT2D eigenvalue weighted by atomic mass is 16.6. The fourth-order valence-electron chi connectivity index (χ4n) is 4.95. The highest BCUT2D eigenvalue weighted by Crippen LogP contribution is 2.37. The van der Waals surface area contributed by atoms with Gasteiger partial charge >= 0.3 is 12.1 Å². The van der Waals surface area contributed by atoms with Crippen LogP contribution in [0.4, 0.5) is 4.79 Å². The number of ether oxygens (including phenoxy) is 1. The SMILES string of the molecule is CCC(C)[C@H](NC(=O)C1(c2ccccc2)CCN(C(=O)OC(C)(C)C)CC1)C(=O)N[C@@H](C(=O)O)c1ccccc1. The topological polar surface area (TPSA) is 125 Å². The summed E-state index contributed by atoms with van der Waals surface area (Å²) in [5.74, 6) is -2.34. The van der Waals surface area contributed by atoms with Crippen LogP contribution in [0.5, 0.6) is 0 Å². The van der Waals surface area contributed by atoms with Crippen LogP contribution in [0.2, 0.25) is 0 Å². The summed E-state index contributed by atoms with van der Waals surface area (Å²) in [6, 6.07) is 15.6. The molecule has 40 heavy (non-hydrogen) atoms. The van der Waals surface area contributed by atoms with Gasteiger partial charge in [-0.2, -0.15) is 0 Å². The summed E-state index contributed by atoms with van der Waals surface area (Å²) in [6.45, 7) is 9.81. The summed E-state index contributed by atoms with van der Waals surface area (Å²) >= 11 is 0. The van der Waals surface area contributed by atoms with Gasteiger partial charge in [0.2, 0.25) is 11.8 Å². The number of piperidine rings is 1. The molecule has 9 nitrogen and oxygen atoms in total. The van der Waals surface area contributed by atoms with Crippen molar-refractivity contribution < 1.29 is 29.0 Å². The van der Waals surface area contributed by atoms with E-state index in [1.165, 1.54) is 0 Å². The van der Waals surface area contributed by atoms with Gasteiger partial charge < -0.3 is 25.4 Å². The lowest BCUT2D eigenvalue weighted by atomic mass is 9.71. The average molecular weight is 552 g/mol. The summed E-state index contributed by atoms with van der Waals surface area (Å²) in [5.41, 5.74) is -0.371. The molecule has 2 aromatic rings. The van der Waals surface area contributed by atoms with Crippen molar-refractivity contribution in [2.24, 2.45) is 5.92 Å². The van der Waals surface area contributed by atoms with Gasteiger partial charge in [0.15, 0.2) is 6.04 Å². The summed E-state index contributed by atoms with van der Waals surface area (Å²) in [6.07, 6.45) is 0.857. The summed E-state index contributed by atoms with van der Waals surface area (Å²) in [4.78, 5) is 54.0. The molecule has 216 valence electrons. The summed E-state index contributed by atoms with van der Waals surface area (Å²) in [7, 11) is 0. The van der Waals surface area contributed by atoms with Crippen molar-refractivity contribution in [2.45, 2.75) is 77.0 Å². The molecule has 1 heterocycles. The Morgan fingerprint density at radius 1 is 0.950 bits per heavy atom. The Morgan fingerprint density at radius 2 is 1.50 bits per heavy atom. The predicted octanol–water partition coefficient (Wildman–Crippen LogP) is 4.43. The van der Waals surface area contributed by atoms with Gasteiger partial charge in [-0.1, -0.05) is 80.9 Å². The number of carbonyl (C=O) groups excluding carboxylic acids is 3. The van der Waals surface area contributed by atoms with Crippen molar-refractivity contribution in [1.82, 2.24) is 15.5 Å². The minimum absolute atomic E-state index is 0.260. The van der Waals surface area contributed by atoms with E-state index in [0.29, 0.717) is 37.9 Å². The number of nitrogens with zero attached hydrogens (tertiary/aromatic N) is 1. The molecular formula is C31H41N3O6. The number of amides is 3. The van der Waals surface area contributed by atoms with Crippen molar-refractivity contribution in [3.05, 3.63) is 71.8 Å². The van der Waals surface area contributed by atoms with E-state index in [1.807, 2.05) is 65.0 Å². The fraction of sp³-hybridized carbons (Fsp3) is 0.484. The van der Waals surface area contributed by atoms with Gasteiger partial charge in [0.25, 0.3) is 0 Å². The van der Waals surface area contributed by atoms with Crippen LogP contribution in [0.15, 0.2) is 60.7 Å². The molecule has 0 radical (unpaired) electrons. The first-order valence-electron chi connectivity index (χ1n) is 13.8. The number of carbonyl (C=O) groups is 4. The molecule has 2 aromatic carbocycles. The molecule has 0 aromatic heterocycles. The van der Waals surface area contributed by atoms with Crippen LogP contribution in [0.1, 0.15) is 71.0 Å². The van der Waals surface area contributed by atoms with Gasteiger partial charge in [-0.05, 0) is 50.7 Å². The number of nitrogens with one attached hydrogen (secondary N) is 2. The molecule has 1 aliphatic rings. The zero-order valence-corrected chi connectivity index (χ0v) is 24.0. The number of hydrogen-bond acceptors (Lipinski definition) is 5. The van der Waals surface area contributed by atoms with E-state index in [0.717, 1.165) is 5.56 Å². The maximum atomic E-state index is 14.1. The van der Waals surface area contributed by atoms with Crippen molar-refractivity contribution in [3.63, 3.8) is 0 Å². The molecule has 1 fully saturated rings.